The molecule has 5 rings (SSSR count). The monoisotopic (exact) mass is 516 g/mol. The number of hydrogen-bond acceptors (Lipinski definition) is 8. The van der Waals surface area contributed by atoms with Crippen LogP contribution in [0.25, 0.3) is 5.76 Å². The molecule has 1 aromatic heterocycles. The molecule has 1 saturated heterocycles. The van der Waals surface area contributed by atoms with E-state index in [1.165, 1.54) is 4.90 Å². The first-order valence-electron chi connectivity index (χ1n) is 12.5. The SMILES string of the molecule is CCOc1ccc(C2/C(=C(/O)c3ccc4c(c3)OCCO4)C(=O)C(=O)N2Cc2cccnc2)cc1OCC. The van der Waals surface area contributed by atoms with Gasteiger partial charge in [-0.2, -0.15) is 0 Å². The molecule has 2 aliphatic heterocycles. The van der Waals surface area contributed by atoms with Gasteiger partial charge in [0, 0.05) is 24.5 Å². The number of amides is 1. The highest BCUT2D eigenvalue weighted by Crippen LogP contribution is 2.43. The van der Waals surface area contributed by atoms with Crippen LogP contribution < -0.4 is 18.9 Å². The zero-order valence-electron chi connectivity index (χ0n) is 21.2. The molecule has 0 saturated carbocycles. The van der Waals surface area contributed by atoms with Crippen LogP contribution in [-0.2, 0) is 16.1 Å². The fraction of sp³-hybridized carbons (Fsp3) is 0.276. The van der Waals surface area contributed by atoms with Gasteiger partial charge in [-0.1, -0.05) is 12.1 Å². The summed E-state index contributed by atoms with van der Waals surface area (Å²) in [6, 6.07) is 12.9. The number of likely N-dealkylation sites (tertiary alicyclic amines) is 1. The quantitative estimate of drug-likeness (QED) is 0.269. The van der Waals surface area contributed by atoms with E-state index in [9.17, 15) is 14.7 Å². The zero-order valence-corrected chi connectivity index (χ0v) is 21.2. The lowest BCUT2D eigenvalue weighted by molar-refractivity contribution is -0.140. The fourth-order valence-corrected chi connectivity index (χ4v) is 4.66. The van der Waals surface area contributed by atoms with Crippen molar-refractivity contribution in [2.24, 2.45) is 0 Å². The van der Waals surface area contributed by atoms with Crippen molar-refractivity contribution in [3.63, 3.8) is 0 Å². The van der Waals surface area contributed by atoms with E-state index in [1.54, 1.807) is 54.9 Å². The molecule has 9 heteroatoms. The Labute approximate surface area is 220 Å². The molecule has 9 nitrogen and oxygen atoms in total. The molecule has 1 fully saturated rings. The Bertz CT molecular complexity index is 1390. The number of Topliss-reactive ketones (excluding diaryl/α,β-unsaturated/α-hetero) is 1. The predicted molar refractivity (Wildman–Crippen MR) is 138 cm³/mol. The maximum Gasteiger partial charge on any atom is 0.295 e. The summed E-state index contributed by atoms with van der Waals surface area (Å²) in [6.07, 6.45) is 3.28. The van der Waals surface area contributed by atoms with E-state index in [-0.39, 0.29) is 17.9 Å². The van der Waals surface area contributed by atoms with Gasteiger partial charge in [0.25, 0.3) is 11.7 Å². The summed E-state index contributed by atoms with van der Waals surface area (Å²) in [5.74, 6) is 0.247. The van der Waals surface area contributed by atoms with Crippen LogP contribution in [0.3, 0.4) is 0 Å². The highest BCUT2D eigenvalue weighted by atomic mass is 16.6. The lowest BCUT2D eigenvalue weighted by Crippen LogP contribution is -2.29. The Morgan fingerprint density at radius 3 is 2.50 bits per heavy atom. The minimum Gasteiger partial charge on any atom is -0.507 e. The van der Waals surface area contributed by atoms with Gasteiger partial charge in [0.15, 0.2) is 23.0 Å². The van der Waals surface area contributed by atoms with Gasteiger partial charge >= 0.3 is 0 Å². The van der Waals surface area contributed by atoms with E-state index >= 15 is 0 Å². The van der Waals surface area contributed by atoms with E-state index in [4.69, 9.17) is 18.9 Å². The number of hydrogen-bond donors (Lipinski definition) is 1. The summed E-state index contributed by atoms with van der Waals surface area (Å²) in [7, 11) is 0. The van der Waals surface area contributed by atoms with Crippen LogP contribution in [0, 0.1) is 0 Å². The first-order valence-corrected chi connectivity index (χ1v) is 12.5. The molecular weight excluding hydrogens is 488 g/mol. The van der Waals surface area contributed by atoms with Gasteiger partial charge in [-0.3, -0.25) is 14.6 Å². The maximum absolute atomic E-state index is 13.4. The van der Waals surface area contributed by atoms with Crippen molar-refractivity contribution < 1.29 is 33.6 Å². The third kappa shape index (κ3) is 4.74. The largest absolute Gasteiger partial charge is 0.507 e. The van der Waals surface area contributed by atoms with Crippen LogP contribution in [0.5, 0.6) is 23.0 Å². The number of carbonyl (C=O) groups excluding carboxylic acids is 2. The molecule has 0 radical (unpaired) electrons. The highest BCUT2D eigenvalue weighted by molar-refractivity contribution is 6.46. The van der Waals surface area contributed by atoms with Crippen molar-refractivity contribution in [2.75, 3.05) is 26.4 Å². The summed E-state index contributed by atoms with van der Waals surface area (Å²) in [4.78, 5) is 32.4. The minimum absolute atomic E-state index is 0.0258. The number of aliphatic hydroxyl groups is 1. The number of fused-ring (bicyclic) bond motifs is 1. The first kappa shape index (κ1) is 25.1. The van der Waals surface area contributed by atoms with E-state index in [2.05, 4.69) is 4.98 Å². The molecule has 2 aromatic carbocycles. The summed E-state index contributed by atoms with van der Waals surface area (Å²) in [5.41, 5.74) is 1.66. The Balaban J connectivity index is 1.65. The number of aromatic nitrogens is 1. The lowest BCUT2D eigenvalue weighted by atomic mass is 9.94. The van der Waals surface area contributed by atoms with Crippen molar-refractivity contribution in [1.29, 1.82) is 0 Å². The van der Waals surface area contributed by atoms with E-state index in [1.807, 2.05) is 19.9 Å². The third-order valence-corrected chi connectivity index (χ3v) is 6.31. The standard InChI is InChI=1S/C29H28N2O7/c1-3-35-21-9-7-19(14-23(21)36-4-2)26-25(27(32)20-8-10-22-24(15-20)38-13-12-37-22)28(33)29(34)31(26)17-18-6-5-11-30-16-18/h5-11,14-16,26,32H,3-4,12-13,17H2,1-2H3/b27-25-. The van der Waals surface area contributed by atoms with E-state index < -0.39 is 17.7 Å². The summed E-state index contributed by atoms with van der Waals surface area (Å²) < 4.78 is 22.7. The Hall–Kier alpha value is -4.53. The smallest absolute Gasteiger partial charge is 0.295 e. The van der Waals surface area contributed by atoms with E-state index in [0.29, 0.717) is 60.6 Å². The molecule has 2 aliphatic rings. The molecule has 0 spiro atoms. The minimum atomic E-state index is -0.877. The number of pyridine rings is 1. The molecule has 0 bridgehead atoms. The van der Waals surface area contributed by atoms with Crippen molar-refractivity contribution in [1.82, 2.24) is 9.88 Å². The lowest BCUT2D eigenvalue weighted by Gasteiger charge is -2.26. The molecule has 0 aliphatic carbocycles. The van der Waals surface area contributed by atoms with E-state index in [0.717, 1.165) is 5.56 Å². The van der Waals surface area contributed by atoms with Gasteiger partial charge in [-0.05, 0) is 61.4 Å². The molecule has 3 heterocycles. The third-order valence-electron chi connectivity index (χ3n) is 6.31. The number of benzene rings is 2. The van der Waals surface area contributed by atoms with Gasteiger partial charge in [0.2, 0.25) is 0 Å². The molecular formula is C29H28N2O7. The molecule has 1 unspecified atom stereocenters. The number of rotatable bonds is 8. The second-order valence-electron chi connectivity index (χ2n) is 8.72. The Morgan fingerprint density at radius 1 is 1.00 bits per heavy atom. The summed E-state index contributed by atoms with van der Waals surface area (Å²) >= 11 is 0. The van der Waals surface area contributed by atoms with Crippen molar-refractivity contribution in [3.8, 4) is 23.0 Å². The maximum atomic E-state index is 13.4. The van der Waals surface area contributed by atoms with Gasteiger partial charge in [-0.15, -0.1) is 0 Å². The van der Waals surface area contributed by atoms with Gasteiger partial charge in [0.05, 0.1) is 24.8 Å². The van der Waals surface area contributed by atoms with Gasteiger partial charge < -0.3 is 29.0 Å². The van der Waals surface area contributed by atoms with Gasteiger partial charge in [-0.25, -0.2) is 0 Å². The number of nitrogens with zero attached hydrogens (tertiary/aromatic N) is 2. The Kier molecular flexibility index (Phi) is 7.17. The van der Waals surface area contributed by atoms with Crippen LogP contribution >= 0.6 is 0 Å². The fourth-order valence-electron chi connectivity index (χ4n) is 4.66. The second-order valence-corrected chi connectivity index (χ2v) is 8.72. The number of carbonyl (C=O) groups is 2. The second kappa shape index (κ2) is 10.8. The zero-order chi connectivity index (χ0) is 26.6. The molecule has 38 heavy (non-hydrogen) atoms. The predicted octanol–water partition coefficient (Wildman–Crippen LogP) is 4.27. The summed E-state index contributed by atoms with van der Waals surface area (Å²) in [6.45, 7) is 5.51. The number of ether oxygens (including phenoxy) is 4. The average Bonchev–Trinajstić information content (AvgIpc) is 3.19. The summed E-state index contributed by atoms with van der Waals surface area (Å²) in [5, 5.41) is 11.5. The highest BCUT2D eigenvalue weighted by Gasteiger charge is 2.46. The van der Waals surface area contributed by atoms with Crippen molar-refractivity contribution >= 4 is 17.4 Å². The van der Waals surface area contributed by atoms with Crippen LogP contribution in [0.2, 0.25) is 0 Å². The Morgan fingerprint density at radius 2 is 1.76 bits per heavy atom. The van der Waals surface area contributed by atoms with Crippen molar-refractivity contribution in [2.45, 2.75) is 26.4 Å². The topological polar surface area (TPSA) is 107 Å². The van der Waals surface area contributed by atoms with Crippen LogP contribution in [0.15, 0.2) is 66.5 Å². The molecule has 196 valence electrons. The number of aliphatic hydroxyl groups excluding tert-OH is 1. The average molecular weight is 517 g/mol. The van der Waals surface area contributed by atoms with Gasteiger partial charge in [0.1, 0.15) is 19.0 Å². The number of ketones is 1. The first-order chi connectivity index (χ1) is 18.5. The molecule has 1 amide bonds. The molecule has 1 atom stereocenters. The molecule has 3 aromatic rings. The molecule has 1 N–H and O–H groups in total. The normalized spacial score (nSPS) is 17.9. The van der Waals surface area contributed by atoms with Crippen LogP contribution in [0.1, 0.15) is 36.6 Å². The van der Waals surface area contributed by atoms with Crippen LogP contribution in [-0.4, -0.2) is 53.1 Å². The van der Waals surface area contributed by atoms with Crippen LogP contribution in [0.4, 0.5) is 0 Å². The van der Waals surface area contributed by atoms with Crippen molar-refractivity contribution in [3.05, 3.63) is 83.2 Å².